The number of carbonyl (C=O) groups excluding carboxylic acids is 1. The lowest BCUT2D eigenvalue weighted by molar-refractivity contribution is 0.0470. The molecular formula is C20H23NO6S. The maximum Gasteiger partial charge on any atom is 0.338 e. The average molecular weight is 405 g/mol. The molecule has 2 aromatic carbocycles. The number of methoxy groups -OCH3 is 1. The van der Waals surface area contributed by atoms with Crippen LogP contribution in [0.3, 0.4) is 0 Å². The maximum absolute atomic E-state index is 12.6. The highest BCUT2D eigenvalue weighted by atomic mass is 32.2. The average Bonchev–Trinajstić information content (AvgIpc) is 2.73. The Morgan fingerprint density at radius 1 is 1.11 bits per heavy atom. The zero-order chi connectivity index (χ0) is 20.1. The summed E-state index contributed by atoms with van der Waals surface area (Å²) in [6, 6.07) is 11.4. The number of nitrogens with zero attached hydrogens (tertiary/aromatic N) is 1. The molecule has 0 radical (unpaired) electrons. The molecule has 0 atom stereocenters. The molecule has 0 amide bonds. The first-order valence-corrected chi connectivity index (χ1v) is 10.3. The van der Waals surface area contributed by atoms with Gasteiger partial charge in [0.05, 0.1) is 30.8 Å². The summed E-state index contributed by atoms with van der Waals surface area (Å²) in [6.45, 7) is 3.42. The molecule has 1 heterocycles. The standard InChI is InChI=1S/C20H23NO6S/c1-15-3-8-19(25-2)17(13-15)14-27-20(22)16-4-6-18(7-5-16)28(23,24)21-9-11-26-12-10-21/h3-8,13H,9-12,14H2,1-2H3. The molecule has 3 rings (SSSR count). The summed E-state index contributed by atoms with van der Waals surface area (Å²) >= 11 is 0. The van der Waals surface area contributed by atoms with Gasteiger partial charge in [-0.1, -0.05) is 11.6 Å². The topological polar surface area (TPSA) is 82.1 Å². The van der Waals surface area contributed by atoms with Gasteiger partial charge in [-0.05, 0) is 43.3 Å². The van der Waals surface area contributed by atoms with Crippen molar-refractivity contribution in [2.45, 2.75) is 18.4 Å². The molecule has 0 spiro atoms. The van der Waals surface area contributed by atoms with Crippen LogP contribution in [0.5, 0.6) is 5.75 Å². The molecule has 8 heteroatoms. The Morgan fingerprint density at radius 2 is 1.79 bits per heavy atom. The quantitative estimate of drug-likeness (QED) is 0.687. The molecule has 28 heavy (non-hydrogen) atoms. The predicted molar refractivity (Wildman–Crippen MR) is 103 cm³/mol. The van der Waals surface area contributed by atoms with Crippen LogP contribution in [0.2, 0.25) is 0 Å². The van der Waals surface area contributed by atoms with Crippen LogP contribution in [-0.2, 0) is 26.1 Å². The van der Waals surface area contributed by atoms with E-state index in [1.807, 2.05) is 25.1 Å². The number of carbonyl (C=O) groups is 1. The van der Waals surface area contributed by atoms with E-state index in [-0.39, 0.29) is 17.1 Å². The van der Waals surface area contributed by atoms with Crippen LogP contribution < -0.4 is 4.74 Å². The molecule has 0 aromatic heterocycles. The van der Waals surface area contributed by atoms with Crippen LogP contribution in [0.4, 0.5) is 0 Å². The van der Waals surface area contributed by atoms with Crippen molar-refractivity contribution in [3.63, 3.8) is 0 Å². The van der Waals surface area contributed by atoms with Gasteiger partial charge in [0.15, 0.2) is 0 Å². The van der Waals surface area contributed by atoms with Crippen molar-refractivity contribution in [3.05, 3.63) is 59.2 Å². The third kappa shape index (κ3) is 4.52. The molecule has 0 aliphatic carbocycles. The molecule has 1 aliphatic heterocycles. The highest BCUT2D eigenvalue weighted by Crippen LogP contribution is 2.22. The van der Waals surface area contributed by atoms with E-state index in [0.29, 0.717) is 32.1 Å². The van der Waals surface area contributed by atoms with Crippen molar-refractivity contribution >= 4 is 16.0 Å². The van der Waals surface area contributed by atoms with Gasteiger partial charge >= 0.3 is 5.97 Å². The van der Waals surface area contributed by atoms with Crippen molar-refractivity contribution < 1.29 is 27.4 Å². The fourth-order valence-corrected chi connectivity index (χ4v) is 4.35. The Morgan fingerprint density at radius 3 is 2.43 bits per heavy atom. The maximum atomic E-state index is 12.6. The van der Waals surface area contributed by atoms with E-state index >= 15 is 0 Å². The highest BCUT2D eigenvalue weighted by Gasteiger charge is 2.26. The van der Waals surface area contributed by atoms with Crippen LogP contribution in [0.25, 0.3) is 0 Å². The molecule has 7 nitrogen and oxygen atoms in total. The molecule has 0 bridgehead atoms. The third-order valence-corrected chi connectivity index (χ3v) is 6.41. The normalized spacial score (nSPS) is 15.2. The molecule has 1 aliphatic rings. The lowest BCUT2D eigenvalue weighted by atomic mass is 10.1. The Hall–Kier alpha value is -2.42. The van der Waals surface area contributed by atoms with Crippen molar-refractivity contribution in [3.8, 4) is 5.75 Å². The minimum Gasteiger partial charge on any atom is -0.496 e. The summed E-state index contributed by atoms with van der Waals surface area (Å²) in [5.41, 5.74) is 2.08. The molecule has 0 saturated carbocycles. The number of hydrogen-bond donors (Lipinski definition) is 0. The second kappa shape index (κ2) is 8.72. The lowest BCUT2D eigenvalue weighted by Gasteiger charge is -2.26. The summed E-state index contributed by atoms with van der Waals surface area (Å²) in [5, 5.41) is 0. The van der Waals surface area contributed by atoms with Gasteiger partial charge in [0, 0.05) is 18.7 Å². The Labute approximate surface area is 164 Å². The summed E-state index contributed by atoms with van der Waals surface area (Å²) < 4.78 is 42.5. The molecule has 1 fully saturated rings. The molecule has 1 saturated heterocycles. The zero-order valence-electron chi connectivity index (χ0n) is 15.9. The molecular weight excluding hydrogens is 382 g/mol. The molecule has 0 N–H and O–H groups in total. The predicted octanol–water partition coefficient (Wildman–Crippen LogP) is 2.38. The van der Waals surface area contributed by atoms with Gasteiger partial charge in [-0.25, -0.2) is 13.2 Å². The second-order valence-electron chi connectivity index (χ2n) is 6.43. The van der Waals surface area contributed by atoms with Crippen LogP contribution in [-0.4, -0.2) is 52.1 Å². The third-order valence-electron chi connectivity index (χ3n) is 4.49. The number of hydrogen-bond acceptors (Lipinski definition) is 6. The first kappa shape index (κ1) is 20.3. The SMILES string of the molecule is COc1ccc(C)cc1COC(=O)c1ccc(S(=O)(=O)N2CCOCC2)cc1. The van der Waals surface area contributed by atoms with Crippen LogP contribution in [0.15, 0.2) is 47.4 Å². The van der Waals surface area contributed by atoms with E-state index in [2.05, 4.69) is 0 Å². The van der Waals surface area contributed by atoms with Gasteiger partial charge in [0.25, 0.3) is 0 Å². The largest absolute Gasteiger partial charge is 0.496 e. The van der Waals surface area contributed by atoms with Gasteiger partial charge in [-0.15, -0.1) is 0 Å². The van der Waals surface area contributed by atoms with Gasteiger partial charge < -0.3 is 14.2 Å². The minimum atomic E-state index is -3.59. The van der Waals surface area contributed by atoms with Crippen molar-refractivity contribution in [1.29, 1.82) is 0 Å². The van der Waals surface area contributed by atoms with Crippen LogP contribution >= 0.6 is 0 Å². The number of sulfonamides is 1. The summed E-state index contributed by atoms with van der Waals surface area (Å²) in [5.74, 6) is 0.115. The smallest absolute Gasteiger partial charge is 0.338 e. The fourth-order valence-electron chi connectivity index (χ4n) is 2.95. The summed E-state index contributed by atoms with van der Waals surface area (Å²) in [6.07, 6.45) is 0. The van der Waals surface area contributed by atoms with Crippen LogP contribution in [0.1, 0.15) is 21.5 Å². The van der Waals surface area contributed by atoms with Gasteiger partial charge in [0.2, 0.25) is 10.0 Å². The van der Waals surface area contributed by atoms with Gasteiger partial charge in [-0.2, -0.15) is 4.31 Å². The van der Waals surface area contributed by atoms with Crippen molar-refractivity contribution in [2.24, 2.45) is 0 Å². The Balaban J connectivity index is 1.68. The van der Waals surface area contributed by atoms with Crippen LogP contribution in [0, 0.1) is 6.92 Å². The highest BCUT2D eigenvalue weighted by molar-refractivity contribution is 7.89. The fraction of sp³-hybridized carbons (Fsp3) is 0.350. The van der Waals surface area contributed by atoms with Gasteiger partial charge in [0.1, 0.15) is 12.4 Å². The Kier molecular flexibility index (Phi) is 6.33. The number of aryl methyl sites for hydroxylation is 1. The number of morpholine rings is 1. The first-order chi connectivity index (χ1) is 13.4. The minimum absolute atomic E-state index is 0.0670. The zero-order valence-corrected chi connectivity index (χ0v) is 16.7. The van der Waals surface area contributed by atoms with Gasteiger partial charge in [-0.3, -0.25) is 0 Å². The summed E-state index contributed by atoms with van der Waals surface area (Å²) in [4.78, 5) is 12.5. The van der Waals surface area contributed by atoms with E-state index in [1.165, 1.54) is 28.6 Å². The van der Waals surface area contributed by atoms with E-state index in [1.54, 1.807) is 7.11 Å². The Bertz CT molecular complexity index is 934. The number of esters is 1. The first-order valence-electron chi connectivity index (χ1n) is 8.90. The molecule has 2 aromatic rings. The van der Waals surface area contributed by atoms with Crippen molar-refractivity contribution in [2.75, 3.05) is 33.4 Å². The molecule has 0 unspecified atom stereocenters. The molecule has 150 valence electrons. The summed E-state index contributed by atoms with van der Waals surface area (Å²) in [7, 11) is -2.03. The second-order valence-corrected chi connectivity index (χ2v) is 8.37. The van der Waals surface area contributed by atoms with E-state index in [0.717, 1.165) is 11.1 Å². The number of rotatable bonds is 6. The van der Waals surface area contributed by atoms with E-state index < -0.39 is 16.0 Å². The monoisotopic (exact) mass is 405 g/mol. The lowest BCUT2D eigenvalue weighted by Crippen LogP contribution is -2.40. The van der Waals surface area contributed by atoms with E-state index in [9.17, 15) is 13.2 Å². The van der Waals surface area contributed by atoms with Crippen molar-refractivity contribution in [1.82, 2.24) is 4.31 Å². The van der Waals surface area contributed by atoms with E-state index in [4.69, 9.17) is 14.2 Å². The number of benzene rings is 2. The number of ether oxygens (including phenoxy) is 3.